The van der Waals surface area contributed by atoms with Crippen molar-refractivity contribution in [1.82, 2.24) is 15.3 Å². The van der Waals surface area contributed by atoms with Crippen molar-refractivity contribution in [2.75, 3.05) is 36.5 Å². The van der Waals surface area contributed by atoms with E-state index in [1.807, 2.05) is 18.2 Å². The monoisotopic (exact) mass is 409 g/mol. The molecule has 0 unspecified atom stereocenters. The number of amides is 1. The van der Waals surface area contributed by atoms with Crippen LogP contribution in [0, 0.1) is 0 Å². The third kappa shape index (κ3) is 4.11. The van der Waals surface area contributed by atoms with E-state index in [-0.39, 0.29) is 18.1 Å². The minimum absolute atomic E-state index is 0.0576. The highest BCUT2D eigenvalue weighted by Crippen LogP contribution is 2.36. The molecule has 0 aliphatic carbocycles. The summed E-state index contributed by atoms with van der Waals surface area (Å²) < 4.78 is 11.5. The van der Waals surface area contributed by atoms with Crippen LogP contribution in [0.4, 0.5) is 17.2 Å². The van der Waals surface area contributed by atoms with E-state index in [1.54, 1.807) is 6.33 Å². The number of hydrogen-bond donors (Lipinski definition) is 2. The summed E-state index contributed by atoms with van der Waals surface area (Å²) in [6.45, 7) is 3.46. The summed E-state index contributed by atoms with van der Waals surface area (Å²) in [7, 11) is 0. The van der Waals surface area contributed by atoms with Crippen LogP contribution in [-0.2, 0) is 16.0 Å². The number of piperidine rings is 1. The van der Waals surface area contributed by atoms with Gasteiger partial charge in [0.05, 0.1) is 0 Å². The van der Waals surface area contributed by atoms with Gasteiger partial charge in [0.2, 0.25) is 5.88 Å². The van der Waals surface area contributed by atoms with Crippen LogP contribution in [-0.4, -0.2) is 54.3 Å². The van der Waals surface area contributed by atoms with Crippen LogP contribution in [0.5, 0.6) is 5.88 Å². The van der Waals surface area contributed by atoms with E-state index >= 15 is 0 Å². The molecular weight excluding hydrogens is 382 g/mol. The van der Waals surface area contributed by atoms with E-state index in [0.717, 1.165) is 68.9 Å². The maximum Gasteiger partial charge on any atom is 0.253 e. The van der Waals surface area contributed by atoms with Gasteiger partial charge in [-0.3, -0.25) is 4.79 Å². The van der Waals surface area contributed by atoms with Crippen molar-refractivity contribution in [2.45, 2.75) is 44.3 Å². The fraction of sp³-hybridized carbons (Fsp3) is 0.500. The summed E-state index contributed by atoms with van der Waals surface area (Å²) in [6, 6.07) is 7.96. The molecule has 8 nitrogen and oxygen atoms in total. The van der Waals surface area contributed by atoms with E-state index in [9.17, 15) is 4.79 Å². The van der Waals surface area contributed by atoms with Crippen LogP contribution in [0.1, 0.15) is 31.2 Å². The van der Waals surface area contributed by atoms with Gasteiger partial charge in [-0.15, -0.1) is 0 Å². The van der Waals surface area contributed by atoms with Crippen LogP contribution in [0.25, 0.3) is 0 Å². The first-order chi connectivity index (χ1) is 14.8. The standard InChI is InChI=1S/C22H27N5O3/c28-22(19-2-1-11-29-19)26-16-3-4-18-15(12-16)7-10-27(18)20-13-21(25-14-24-20)30-17-5-8-23-9-6-17/h3-4,12-14,17,19,23H,1-2,5-11H2,(H,26,28)/t19-/m0/s1. The molecule has 2 saturated heterocycles. The van der Waals surface area contributed by atoms with Crippen molar-refractivity contribution in [3.8, 4) is 5.88 Å². The van der Waals surface area contributed by atoms with Gasteiger partial charge >= 0.3 is 0 Å². The number of nitrogens with zero attached hydrogens (tertiary/aromatic N) is 3. The van der Waals surface area contributed by atoms with Gasteiger partial charge in [0.25, 0.3) is 5.91 Å². The summed E-state index contributed by atoms with van der Waals surface area (Å²) in [5.74, 6) is 1.41. The van der Waals surface area contributed by atoms with E-state index in [2.05, 4.69) is 31.6 Å². The number of carbonyl (C=O) groups is 1. The zero-order valence-electron chi connectivity index (χ0n) is 17.0. The molecule has 5 rings (SSSR count). The number of aromatic nitrogens is 2. The molecule has 30 heavy (non-hydrogen) atoms. The van der Waals surface area contributed by atoms with Gasteiger partial charge in [0, 0.05) is 30.6 Å². The maximum absolute atomic E-state index is 12.3. The van der Waals surface area contributed by atoms with Crippen LogP contribution in [0.15, 0.2) is 30.6 Å². The van der Waals surface area contributed by atoms with E-state index in [0.29, 0.717) is 12.5 Å². The summed E-state index contributed by atoms with van der Waals surface area (Å²) in [5, 5.41) is 6.34. The Labute approximate surface area is 176 Å². The Morgan fingerprint density at radius 2 is 2.10 bits per heavy atom. The number of anilines is 3. The van der Waals surface area contributed by atoms with Crippen LogP contribution in [0.3, 0.4) is 0 Å². The van der Waals surface area contributed by atoms with Gasteiger partial charge < -0.3 is 25.0 Å². The lowest BCUT2D eigenvalue weighted by Crippen LogP contribution is -2.34. The van der Waals surface area contributed by atoms with Gasteiger partial charge in [-0.05, 0) is 69.0 Å². The average Bonchev–Trinajstić information content (AvgIpc) is 3.45. The Kier molecular flexibility index (Phi) is 5.50. The third-order valence-electron chi connectivity index (χ3n) is 5.94. The summed E-state index contributed by atoms with van der Waals surface area (Å²) in [6.07, 6.45) is 6.06. The lowest BCUT2D eigenvalue weighted by atomic mass is 10.1. The largest absolute Gasteiger partial charge is 0.474 e. The minimum Gasteiger partial charge on any atom is -0.474 e. The van der Waals surface area contributed by atoms with Crippen molar-refractivity contribution >= 4 is 23.1 Å². The van der Waals surface area contributed by atoms with Crippen molar-refractivity contribution in [2.24, 2.45) is 0 Å². The topological polar surface area (TPSA) is 88.6 Å². The first kappa shape index (κ1) is 19.3. The Morgan fingerprint density at radius 1 is 1.20 bits per heavy atom. The lowest BCUT2D eigenvalue weighted by molar-refractivity contribution is -0.124. The first-order valence-electron chi connectivity index (χ1n) is 10.8. The predicted octanol–water partition coefficient (Wildman–Crippen LogP) is 2.42. The predicted molar refractivity (Wildman–Crippen MR) is 113 cm³/mol. The fourth-order valence-corrected chi connectivity index (χ4v) is 4.35. The van der Waals surface area contributed by atoms with E-state index in [1.165, 1.54) is 5.56 Å². The van der Waals surface area contributed by atoms with E-state index in [4.69, 9.17) is 9.47 Å². The number of nitrogens with one attached hydrogen (secondary N) is 2. The molecule has 1 aromatic carbocycles. The quantitative estimate of drug-likeness (QED) is 0.784. The second-order valence-electron chi connectivity index (χ2n) is 8.02. The van der Waals surface area contributed by atoms with E-state index < -0.39 is 0 Å². The average molecular weight is 409 g/mol. The third-order valence-corrected chi connectivity index (χ3v) is 5.94. The van der Waals surface area contributed by atoms with Gasteiger partial charge in [0.15, 0.2) is 0 Å². The normalized spacial score (nSPS) is 21.5. The zero-order chi connectivity index (χ0) is 20.3. The molecule has 3 aliphatic heterocycles. The molecule has 2 fully saturated rings. The minimum atomic E-state index is -0.325. The molecule has 158 valence electrons. The van der Waals surface area contributed by atoms with Gasteiger partial charge in [0.1, 0.15) is 24.4 Å². The molecule has 4 heterocycles. The van der Waals surface area contributed by atoms with Crippen LogP contribution < -0.4 is 20.3 Å². The van der Waals surface area contributed by atoms with Gasteiger partial charge in [-0.2, -0.15) is 0 Å². The SMILES string of the molecule is O=C(Nc1ccc2c(c1)CCN2c1cc(OC2CCNCC2)ncn1)[C@@H]1CCCO1. The lowest BCUT2D eigenvalue weighted by Gasteiger charge is -2.24. The number of hydrogen-bond acceptors (Lipinski definition) is 7. The second-order valence-corrected chi connectivity index (χ2v) is 8.02. The summed E-state index contributed by atoms with van der Waals surface area (Å²) >= 11 is 0. The fourth-order valence-electron chi connectivity index (χ4n) is 4.35. The molecule has 2 aromatic rings. The highest BCUT2D eigenvalue weighted by atomic mass is 16.5. The zero-order valence-corrected chi connectivity index (χ0v) is 17.0. The first-order valence-corrected chi connectivity index (χ1v) is 10.8. The Morgan fingerprint density at radius 3 is 2.93 bits per heavy atom. The van der Waals surface area contributed by atoms with Gasteiger partial charge in [-0.25, -0.2) is 9.97 Å². The molecule has 0 radical (unpaired) electrons. The Bertz CT molecular complexity index is 909. The van der Waals surface area contributed by atoms with Crippen molar-refractivity contribution in [3.63, 3.8) is 0 Å². The second kappa shape index (κ2) is 8.57. The number of benzene rings is 1. The number of fused-ring (bicyclic) bond motifs is 1. The van der Waals surface area contributed by atoms with Crippen molar-refractivity contribution in [1.29, 1.82) is 0 Å². The number of ether oxygens (including phenoxy) is 2. The number of rotatable bonds is 5. The maximum atomic E-state index is 12.3. The smallest absolute Gasteiger partial charge is 0.253 e. The Hall–Kier alpha value is -2.71. The van der Waals surface area contributed by atoms with Crippen LogP contribution >= 0.6 is 0 Å². The molecule has 2 N–H and O–H groups in total. The molecular formula is C22H27N5O3. The molecule has 0 bridgehead atoms. The summed E-state index contributed by atoms with van der Waals surface area (Å²) in [4.78, 5) is 23.3. The van der Waals surface area contributed by atoms with Crippen LogP contribution in [0.2, 0.25) is 0 Å². The van der Waals surface area contributed by atoms with Crippen molar-refractivity contribution in [3.05, 3.63) is 36.2 Å². The molecule has 0 spiro atoms. The molecule has 1 amide bonds. The van der Waals surface area contributed by atoms with Crippen molar-refractivity contribution < 1.29 is 14.3 Å². The Balaban J connectivity index is 1.28. The van der Waals surface area contributed by atoms with Gasteiger partial charge in [-0.1, -0.05) is 0 Å². The highest BCUT2D eigenvalue weighted by Gasteiger charge is 2.26. The summed E-state index contributed by atoms with van der Waals surface area (Å²) in [5.41, 5.74) is 3.12. The molecule has 3 aliphatic rings. The highest BCUT2D eigenvalue weighted by molar-refractivity contribution is 5.94. The number of carbonyl (C=O) groups excluding carboxylic acids is 1. The molecule has 8 heteroatoms. The molecule has 1 atom stereocenters. The molecule has 1 aromatic heterocycles. The molecule has 0 saturated carbocycles.